The van der Waals surface area contributed by atoms with Gasteiger partial charge in [-0.1, -0.05) is 13.8 Å². The Morgan fingerprint density at radius 2 is 1.88 bits per heavy atom. The van der Waals surface area contributed by atoms with Gasteiger partial charge in [-0.25, -0.2) is 0 Å². The maximum atomic E-state index is 11.7. The van der Waals surface area contributed by atoms with Crippen molar-refractivity contribution in [1.82, 2.24) is 5.32 Å². The van der Waals surface area contributed by atoms with Crippen molar-refractivity contribution in [1.29, 1.82) is 0 Å². The van der Waals surface area contributed by atoms with Crippen molar-refractivity contribution in [2.24, 2.45) is 11.1 Å². The molecule has 16 heavy (non-hydrogen) atoms. The molecule has 0 radical (unpaired) electrons. The lowest BCUT2D eigenvalue weighted by Gasteiger charge is -2.35. The van der Waals surface area contributed by atoms with Gasteiger partial charge in [-0.3, -0.25) is 4.79 Å². The van der Waals surface area contributed by atoms with E-state index in [1.54, 1.807) is 0 Å². The molecule has 0 aromatic rings. The van der Waals surface area contributed by atoms with Crippen LogP contribution in [0, 0.1) is 5.41 Å². The molecule has 0 aromatic heterocycles. The molecule has 0 heterocycles. The van der Waals surface area contributed by atoms with E-state index in [0.717, 1.165) is 12.8 Å². The summed E-state index contributed by atoms with van der Waals surface area (Å²) in [5, 5.41) is 3.09. The Labute approximate surface area is 99.2 Å². The molecule has 0 aromatic carbocycles. The Morgan fingerprint density at radius 3 is 2.31 bits per heavy atom. The van der Waals surface area contributed by atoms with Gasteiger partial charge in [0.05, 0.1) is 0 Å². The van der Waals surface area contributed by atoms with Crippen LogP contribution in [-0.4, -0.2) is 17.5 Å². The van der Waals surface area contributed by atoms with E-state index >= 15 is 0 Å². The summed E-state index contributed by atoms with van der Waals surface area (Å²) < 4.78 is 0. The normalized spacial score (nSPS) is 21.8. The summed E-state index contributed by atoms with van der Waals surface area (Å²) in [5.41, 5.74) is 5.87. The maximum absolute atomic E-state index is 11.7. The molecule has 1 aliphatic carbocycles. The fraction of sp³-hybridized carbons (Fsp3) is 0.923. The molecule has 1 fully saturated rings. The minimum Gasteiger partial charge on any atom is -0.353 e. The lowest BCUT2D eigenvalue weighted by Crippen LogP contribution is -2.44. The third-order valence-corrected chi connectivity index (χ3v) is 3.32. The molecule has 1 amide bonds. The standard InChI is InChI=1S/C13H26N2O/c1-12(2)7-5-10(6-8-12)15-11(16)9-13(3,4)14/h10H,5-9,14H2,1-4H3,(H,15,16). The average molecular weight is 226 g/mol. The van der Waals surface area contributed by atoms with Gasteiger partial charge >= 0.3 is 0 Å². The third-order valence-electron chi connectivity index (χ3n) is 3.32. The van der Waals surface area contributed by atoms with Crippen molar-refractivity contribution < 1.29 is 4.79 Å². The van der Waals surface area contributed by atoms with E-state index in [4.69, 9.17) is 5.73 Å². The molecule has 3 heteroatoms. The van der Waals surface area contributed by atoms with E-state index in [1.165, 1.54) is 12.8 Å². The first kappa shape index (κ1) is 13.5. The first-order valence-electron chi connectivity index (χ1n) is 6.26. The molecular weight excluding hydrogens is 200 g/mol. The molecule has 3 N–H and O–H groups in total. The average Bonchev–Trinajstić information content (AvgIpc) is 2.05. The highest BCUT2D eigenvalue weighted by Crippen LogP contribution is 2.34. The molecule has 0 saturated heterocycles. The van der Waals surface area contributed by atoms with Crippen LogP contribution in [-0.2, 0) is 4.79 Å². The highest BCUT2D eigenvalue weighted by Gasteiger charge is 2.28. The zero-order valence-electron chi connectivity index (χ0n) is 11.1. The Morgan fingerprint density at radius 1 is 1.38 bits per heavy atom. The summed E-state index contributed by atoms with van der Waals surface area (Å²) in [6.07, 6.45) is 5.01. The second kappa shape index (κ2) is 4.74. The van der Waals surface area contributed by atoms with Crippen LogP contribution in [0.2, 0.25) is 0 Å². The van der Waals surface area contributed by atoms with Gasteiger partial charge in [-0.15, -0.1) is 0 Å². The second-order valence-corrected chi connectivity index (χ2v) is 6.67. The Kier molecular flexibility index (Phi) is 4.00. The summed E-state index contributed by atoms with van der Waals surface area (Å²) in [4.78, 5) is 11.7. The van der Waals surface area contributed by atoms with Gasteiger partial charge in [0.2, 0.25) is 5.91 Å². The van der Waals surface area contributed by atoms with Crippen LogP contribution in [0.3, 0.4) is 0 Å². The lowest BCUT2D eigenvalue weighted by atomic mass is 9.75. The number of nitrogens with two attached hydrogens (primary N) is 1. The van der Waals surface area contributed by atoms with Crippen molar-refractivity contribution in [2.45, 2.75) is 71.4 Å². The van der Waals surface area contributed by atoms with Crippen molar-refractivity contribution >= 4 is 5.91 Å². The SMILES string of the molecule is CC(C)(N)CC(=O)NC1CCC(C)(C)CC1. The van der Waals surface area contributed by atoms with Crippen molar-refractivity contribution in [3.05, 3.63) is 0 Å². The highest BCUT2D eigenvalue weighted by molar-refractivity contribution is 5.77. The van der Waals surface area contributed by atoms with E-state index in [-0.39, 0.29) is 5.91 Å². The number of carbonyl (C=O) groups is 1. The first-order chi connectivity index (χ1) is 7.18. The van der Waals surface area contributed by atoms with Crippen LogP contribution in [0.1, 0.15) is 59.8 Å². The van der Waals surface area contributed by atoms with Crippen LogP contribution < -0.4 is 11.1 Å². The number of amides is 1. The van der Waals surface area contributed by atoms with Crippen molar-refractivity contribution in [3.8, 4) is 0 Å². The van der Waals surface area contributed by atoms with Crippen molar-refractivity contribution in [2.75, 3.05) is 0 Å². The fourth-order valence-electron chi connectivity index (χ4n) is 2.24. The Hall–Kier alpha value is -0.570. The lowest BCUT2D eigenvalue weighted by molar-refractivity contribution is -0.123. The van der Waals surface area contributed by atoms with E-state index in [9.17, 15) is 4.79 Å². The van der Waals surface area contributed by atoms with E-state index in [0.29, 0.717) is 17.9 Å². The molecule has 0 aliphatic heterocycles. The van der Waals surface area contributed by atoms with E-state index < -0.39 is 5.54 Å². The molecule has 1 aliphatic rings. The Bertz CT molecular complexity index is 243. The zero-order valence-corrected chi connectivity index (χ0v) is 11.1. The molecular formula is C13H26N2O. The van der Waals surface area contributed by atoms with Gasteiger partial charge in [-0.2, -0.15) is 0 Å². The summed E-state index contributed by atoms with van der Waals surface area (Å²) >= 11 is 0. The first-order valence-corrected chi connectivity index (χ1v) is 6.26. The topological polar surface area (TPSA) is 55.1 Å². The summed E-state index contributed by atoms with van der Waals surface area (Å²) in [7, 11) is 0. The number of hydrogen-bond donors (Lipinski definition) is 2. The van der Waals surface area contributed by atoms with Crippen LogP contribution >= 0.6 is 0 Å². The second-order valence-electron chi connectivity index (χ2n) is 6.67. The highest BCUT2D eigenvalue weighted by atomic mass is 16.1. The number of nitrogens with one attached hydrogen (secondary N) is 1. The molecule has 1 saturated carbocycles. The predicted octanol–water partition coefficient (Wildman–Crippen LogP) is 2.20. The molecule has 0 bridgehead atoms. The number of carbonyl (C=O) groups excluding carboxylic acids is 1. The van der Waals surface area contributed by atoms with Crippen LogP contribution in [0.4, 0.5) is 0 Å². The summed E-state index contributed by atoms with van der Waals surface area (Å²) in [5.74, 6) is 0.0946. The van der Waals surface area contributed by atoms with Crippen LogP contribution in [0.25, 0.3) is 0 Å². The van der Waals surface area contributed by atoms with Crippen LogP contribution in [0.15, 0.2) is 0 Å². The van der Waals surface area contributed by atoms with Gasteiger partial charge in [0.1, 0.15) is 0 Å². The summed E-state index contributed by atoms with van der Waals surface area (Å²) in [6, 6.07) is 0.364. The molecule has 0 spiro atoms. The van der Waals surface area contributed by atoms with Gasteiger partial charge in [-0.05, 0) is 44.9 Å². The number of hydrogen-bond acceptors (Lipinski definition) is 2. The monoisotopic (exact) mass is 226 g/mol. The molecule has 1 rings (SSSR count). The van der Waals surface area contributed by atoms with E-state index in [2.05, 4.69) is 19.2 Å². The minimum atomic E-state index is -0.405. The maximum Gasteiger partial charge on any atom is 0.222 e. The van der Waals surface area contributed by atoms with E-state index in [1.807, 2.05) is 13.8 Å². The smallest absolute Gasteiger partial charge is 0.222 e. The zero-order chi connectivity index (χ0) is 12.4. The van der Waals surface area contributed by atoms with Crippen molar-refractivity contribution in [3.63, 3.8) is 0 Å². The van der Waals surface area contributed by atoms with Gasteiger partial charge in [0.15, 0.2) is 0 Å². The molecule has 94 valence electrons. The molecule has 0 unspecified atom stereocenters. The quantitative estimate of drug-likeness (QED) is 0.775. The van der Waals surface area contributed by atoms with Gasteiger partial charge < -0.3 is 11.1 Å². The number of rotatable bonds is 3. The molecule has 0 atom stereocenters. The summed E-state index contributed by atoms with van der Waals surface area (Å²) in [6.45, 7) is 8.37. The largest absolute Gasteiger partial charge is 0.353 e. The van der Waals surface area contributed by atoms with Gasteiger partial charge in [0, 0.05) is 18.0 Å². The molecule has 3 nitrogen and oxygen atoms in total. The van der Waals surface area contributed by atoms with Gasteiger partial charge in [0.25, 0.3) is 0 Å². The van der Waals surface area contributed by atoms with Crippen LogP contribution in [0.5, 0.6) is 0 Å². The Balaban J connectivity index is 2.32. The third kappa shape index (κ3) is 4.97. The fourth-order valence-corrected chi connectivity index (χ4v) is 2.24. The minimum absolute atomic E-state index is 0.0946. The predicted molar refractivity (Wildman–Crippen MR) is 67.1 cm³/mol.